The monoisotopic (exact) mass is 244 g/mol. The van der Waals surface area contributed by atoms with Gasteiger partial charge in [-0.3, -0.25) is 0 Å². The minimum Gasteiger partial charge on any atom is -0.390 e. The molecular weight excluding hydrogens is 231 g/mol. The molecule has 1 aromatic rings. The Morgan fingerprint density at radius 3 is 2.67 bits per heavy atom. The maximum Gasteiger partial charge on any atom is 0.0688 e. The topological polar surface area (TPSA) is 20.2 Å². The fourth-order valence-electron chi connectivity index (χ4n) is 1.92. The first-order chi connectivity index (χ1) is 7.00. The summed E-state index contributed by atoms with van der Waals surface area (Å²) in [6, 6.07) is 5.55. The molecule has 82 valence electrons. The van der Waals surface area contributed by atoms with Crippen LogP contribution >= 0.6 is 23.2 Å². The van der Waals surface area contributed by atoms with E-state index in [1.807, 2.05) is 19.1 Å². The van der Waals surface area contributed by atoms with Crippen LogP contribution in [-0.2, 0) is 6.42 Å². The molecule has 0 aromatic heterocycles. The molecule has 1 unspecified atom stereocenters. The van der Waals surface area contributed by atoms with Crippen molar-refractivity contribution in [1.29, 1.82) is 0 Å². The fourth-order valence-corrected chi connectivity index (χ4v) is 2.31. The van der Waals surface area contributed by atoms with Crippen molar-refractivity contribution in [2.24, 2.45) is 5.92 Å². The number of aliphatic hydroxyl groups is 1. The van der Waals surface area contributed by atoms with Crippen molar-refractivity contribution in [3.63, 3.8) is 0 Å². The molecule has 0 saturated heterocycles. The third-order valence-corrected chi connectivity index (χ3v) is 3.89. The summed E-state index contributed by atoms with van der Waals surface area (Å²) in [5.74, 6) is 0.424. The quantitative estimate of drug-likeness (QED) is 0.860. The average molecular weight is 245 g/mol. The predicted octanol–water partition coefficient (Wildman–Crippen LogP) is 3.70. The van der Waals surface area contributed by atoms with E-state index in [0.717, 1.165) is 18.4 Å². The summed E-state index contributed by atoms with van der Waals surface area (Å²) in [4.78, 5) is 0. The highest BCUT2D eigenvalue weighted by atomic mass is 35.5. The highest BCUT2D eigenvalue weighted by molar-refractivity contribution is 6.42. The van der Waals surface area contributed by atoms with Crippen LogP contribution in [0.1, 0.15) is 25.3 Å². The second kappa shape index (κ2) is 3.97. The summed E-state index contributed by atoms with van der Waals surface area (Å²) in [6.45, 7) is 1.88. The molecule has 0 aliphatic heterocycles. The van der Waals surface area contributed by atoms with Crippen LogP contribution in [0.4, 0.5) is 0 Å². The van der Waals surface area contributed by atoms with Gasteiger partial charge in [-0.05, 0) is 37.3 Å². The van der Waals surface area contributed by atoms with Crippen LogP contribution in [0.3, 0.4) is 0 Å². The number of rotatable bonds is 3. The van der Waals surface area contributed by atoms with Gasteiger partial charge in [0.15, 0.2) is 0 Å². The van der Waals surface area contributed by atoms with E-state index in [4.69, 9.17) is 23.2 Å². The molecule has 1 aliphatic rings. The summed E-state index contributed by atoms with van der Waals surface area (Å²) in [5.41, 5.74) is 0.287. The third-order valence-electron chi connectivity index (χ3n) is 3.04. The van der Waals surface area contributed by atoms with Gasteiger partial charge in [0.1, 0.15) is 0 Å². The van der Waals surface area contributed by atoms with Crippen molar-refractivity contribution in [2.45, 2.75) is 31.8 Å². The maximum absolute atomic E-state index is 10.2. The Morgan fingerprint density at radius 1 is 1.40 bits per heavy atom. The van der Waals surface area contributed by atoms with Gasteiger partial charge in [0, 0.05) is 6.42 Å². The van der Waals surface area contributed by atoms with Crippen LogP contribution < -0.4 is 0 Å². The fraction of sp³-hybridized carbons (Fsp3) is 0.500. The molecule has 1 N–H and O–H groups in total. The Kier molecular flexibility index (Phi) is 2.98. The summed E-state index contributed by atoms with van der Waals surface area (Å²) in [6.07, 6.45) is 2.81. The number of hydrogen-bond acceptors (Lipinski definition) is 1. The molecule has 1 fully saturated rings. The lowest BCUT2D eigenvalue weighted by Gasteiger charge is -2.23. The lowest BCUT2D eigenvalue weighted by molar-refractivity contribution is 0.0372. The molecule has 1 aliphatic carbocycles. The van der Waals surface area contributed by atoms with Gasteiger partial charge in [0.25, 0.3) is 0 Å². The molecule has 1 atom stereocenters. The van der Waals surface area contributed by atoms with E-state index in [2.05, 4.69) is 0 Å². The molecule has 0 radical (unpaired) electrons. The van der Waals surface area contributed by atoms with Gasteiger partial charge in [0.05, 0.1) is 15.6 Å². The smallest absolute Gasteiger partial charge is 0.0688 e. The summed E-state index contributed by atoms with van der Waals surface area (Å²) in [5, 5.41) is 11.3. The number of halogens is 2. The van der Waals surface area contributed by atoms with Gasteiger partial charge in [-0.1, -0.05) is 35.3 Å². The Balaban J connectivity index is 2.20. The highest BCUT2D eigenvalue weighted by Gasteiger charge is 2.40. The molecule has 0 bridgehead atoms. The van der Waals surface area contributed by atoms with Crippen molar-refractivity contribution in [2.75, 3.05) is 0 Å². The largest absolute Gasteiger partial charge is 0.390 e. The Bertz CT molecular complexity index is 370. The molecule has 2 rings (SSSR count). The molecule has 0 heterocycles. The van der Waals surface area contributed by atoms with Gasteiger partial charge in [-0.25, -0.2) is 0 Å². The first kappa shape index (κ1) is 11.3. The molecule has 1 saturated carbocycles. The summed E-state index contributed by atoms with van der Waals surface area (Å²) in [7, 11) is 0. The first-order valence-electron chi connectivity index (χ1n) is 5.16. The predicted molar refractivity (Wildman–Crippen MR) is 63.5 cm³/mol. The lowest BCUT2D eigenvalue weighted by atomic mass is 9.92. The van der Waals surface area contributed by atoms with Crippen LogP contribution in [-0.4, -0.2) is 10.7 Å². The van der Waals surface area contributed by atoms with E-state index in [-0.39, 0.29) is 0 Å². The average Bonchev–Trinajstić information content (AvgIpc) is 2.95. The second-order valence-electron chi connectivity index (χ2n) is 4.52. The van der Waals surface area contributed by atoms with Crippen molar-refractivity contribution >= 4 is 23.2 Å². The zero-order chi connectivity index (χ0) is 11.1. The van der Waals surface area contributed by atoms with Gasteiger partial charge in [-0.2, -0.15) is 0 Å². The molecule has 3 heteroatoms. The van der Waals surface area contributed by atoms with Crippen molar-refractivity contribution in [1.82, 2.24) is 0 Å². The van der Waals surface area contributed by atoms with Gasteiger partial charge in [0.2, 0.25) is 0 Å². The Labute approximate surface area is 100 Å². The van der Waals surface area contributed by atoms with Gasteiger partial charge >= 0.3 is 0 Å². The van der Waals surface area contributed by atoms with E-state index in [1.165, 1.54) is 0 Å². The molecule has 15 heavy (non-hydrogen) atoms. The zero-order valence-electron chi connectivity index (χ0n) is 8.63. The lowest BCUT2D eigenvalue weighted by Crippen LogP contribution is -2.29. The second-order valence-corrected chi connectivity index (χ2v) is 5.31. The van der Waals surface area contributed by atoms with Crippen LogP contribution in [0.5, 0.6) is 0 Å². The molecule has 1 aromatic carbocycles. The third kappa shape index (κ3) is 2.47. The van der Waals surface area contributed by atoms with Crippen molar-refractivity contribution in [3.05, 3.63) is 33.8 Å². The number of hydrogen-bond donors (Lipinski definition) is 1. The number of benzene rings is 1. The normalized spacial score (nSPS) is 20.0. The molecule has 0 amide bonds. The van der Waals surface area contributed by atoms with Gasteiger partial charge < -0.3 is 5.11 Å². The Morgan fingerprint density at radius 2 is 2.07 bits per heavy atom. The SMILES string of the molecule is CC(O)(Cc1cccc(Cl)c1Cl)C1CC1. The Hall–Kier alpha value is -0.240. The highest BCUT2D eigenvalue weighted by Crippen LogP contribution is 2.42. The standard InChI is InChI=1S/C12H14Cl2O/c1-12(15,9-5-6-9)7-8-3-2-4-10(13)11(8)14/h2-4,9,15H,5-7H2,1H3. The van der Waals surface area contributed by atoms with Crippen LogP contribution in [0.15, 0.2) is 18.2 Å². The van der Waals surface area contributed by atoms with Crippen LogP contribution in [0.2, 0.25) is 10.0 Å². The van der Waals surface area contributed by atoms with E-state index < -0.39 is 5.60 Å². The maximum atomic E-state index is 10.2. The van der Waals surface area contributed by atoms with E-state index >= 15 is 0 Å². The van der Waals surface area contributed by atoms with E-state index in [0.29, 0.717) is 22.4 Å². The first-order valence-corrected chi connectivity index (χ1v) is 5.91. The summed E-state index contributed by atoms with van der Waals surface area (Å²) >= 11 is 12.0. The van der Waals surface area contributed by atoms with Gasteiger partial charge in [-0.15, -0.1) is 0 Å². The van der Waals surface area contributed by atoms with Crippen molar-refractivity contribution < 1.29 is 5.11 Å². The molecule has 1 nitrogen and oxygen atoms in total. The summed E-state index contributed by atoms with van der Waals surface area (Å²) < 4.78 is 0. The minimum atomic E-state index is -0.645. The molecule has 0 spiro atoms. The van der Waals surface area contributed by atoms with Crippen molar-refractivity contribution in [3.8, 4) is 0 Å². The van der Waals surface area contributed by atoms with E-state index in [1.54, 1.807) is 6.07 Å². The zero-order valence-corrected chi connectivity index (χ0v) is 10.1. The van der Waals surface area contributed by atoms with Crippen LogP contribution in [0.25, 0.3) is 0 Å². The molecular formula is C12H14Cl2O. The minimum absolute atomic E-state index is 0.424. The van der Waals surface area contributed by atoms with E-state index in [9.17, 15) is 5.11 Å². The van der Waals surface area contributed by atoms with Crippen LogP contribution in [0, 0.1) is 5.92 Å².